The van der Waals surface area contributed by atoms with Crippen molar-refractivity contribution in [2.75, 3.05) is 48.5 Å². The van der Waals surface area contributed by atoms with E-state index in [4.69, 9.17) is 9.47 Å². The highest BCUT2D eigenvalue weighted by molar-refractivity contribution is 8.02. The van der Waals surface area contributed by atoms with E-state index in [2.05, 4.69) is 4.90 Å². The molecule has 3 fully saturated rings. The number of hydrogen-bond donors (Lipinski definition) is 0. The summed E-state index contributed by atoms with van der Waals surface area (Å²) in [5.74, 6) is -0.851. The Morgan fingerprint density at radius 2 is 1.60 bits per heavy atom. The normalized spacial score (nSPS) is 24.1. The molecule has 2 spiro atoms. The van der Waals surface area contributed by atoms with Gasteiger partial charge < -0.3 is 9.47 Å². The molecule has 2 amide bonds. The quantitative estimate of drug-likeness (QED) is 0.484. The van der Waals surface area contributed by atoms with Crippen LogP contribution in [0.5, 0.6) is 0 Å². The van der Waals surface area contributed by atoms with Crippen molar-refractivity contribution in [2.24, 2.45) is 7.05 Å². The van der Waals surface area contributed by atoms with Crippen molar-refractivity contribution >= 4 is 35.0 Å². The second-order valence-corrected chi connectivity index (χ2v) is 11.9. The van der Waals surface area contributed by atoms with E-state index in [1.165, 1.54) is 16.7 Å². The number of aromatic nitrogens is 2. The molecule has 0 aliphatic carbocycles. The minimum Gasteiger partial charge on any atom is -0.347 e. The number of thioether (sulfide) groups is 1. The number of hydrogen-bond acceptors (Lipinski definition) is 7. The monoisotopic (exact) mass is 561 g/mol. The Balaban J connectivity index is 1.28. The molecule has 5 heterocycles. The zero-order valence-corrected chi connectivity index (χ0v) is 23.4. The summed E-state index contributed by atoms with van der Waals surface area (Å²) < 4.78 is 15.1. The smallest absolute Gasteiger partial charge is 0.295 e. The predicted octanol–water partition coefficient (Wildman–Crippen LogP) is 2.56. The molecule has 0 radical (unpaired) electrons. The summed E-state index contributed by atoms with van der Waals surface area (Å²) in [6.07, 6.45) is 1.48. The molecular weight excluding hydrogens is 530 g/mol. The molecule has 2 aromatic carbocycles. The Bertz CT molecular complexity index is 1550. The number of rotatable bonds is 4. The Labute approximate surface area is 236 Å². The fourth-order valence-electron chi connectivity index (χ4n) is 6.48. The van der Waals surface area contributed by atoms with E-state index in [1.807, 2.05) is 61.5 Å². The molecule has 1 aromatic heterocycles. The maximum Gasteiger partial charge on any atom is 0.295 e. The van der Waals surface area contributed by atoms with Crippen LogP contribution in [-0.2, 0) is 31.0 Å². The van der Waals surface area contributed by atoms with Crippen LogP contribution in [-0.4, -0.2) is 70.6 Å². The summed E-state index contributed by atoms with van der Waals surface area (Å²) in [6.45, 7) is 4.90. The van der Waals surface area contributed by atoms with Gasteiger partial charge in [0, 0.05) is 38.5 Å². The van der Waals surface area contributed by atoms with Gasteiger partial charge in [-0.15, -0.1) is 11.8 Å². The minimum absolute atomic E-state index is 0.105. The number of likely N-dealkylation sites (tertiary alicyclic amines) is 1. The highest BCUT2D eigenvalue weighted by Gasteiger charge is 2.62. The van der Waals surface area contributed by atoms with E-state index in [0.29, 0.717) is 31.3 Å². The molecule has 0 saturated carbocycles. The van der Waals surface area contributed by atoms with Crippen molar-refractivity contribution in [3.8, 4) is 5.69 Å². The number of fused-ring (bicyclic) bond motifs is 2. The molecule has 7 rings (SSSR count). The van der Waals surface area contributed by atoms with E-state index in [0.717, 1.165) is 37.2 Å². The summed E-state index contributed by atoms with van der Waals surface area (Å²) in [6, 6.07) is 17.0. The molecular formula is C29H31N5O5S. The van der Waals surface area contributed by atoms with Gasteiger partial charge in [0.15, 0.2) is 5.79 Å². The zero-order chi connectivity index (χ0) is 27.6. The van der Waals surface area contributed by atoms with Crippen LogP contribution in [0.25, 0.3) is 5.69 Å². The van der Waals surface area contributed by atoms with Crippen LogP contribution >= 0.6 is 11.8 Å². The van der Waals surface area contributed by atoms with Gasteiger partial charge >= 0.3 is 0 Å². The lowest BCUT2D eigenvalue weighted by molar-refractivity contribution is -0.185. The number of amides is 2. The molecule has 3 aromatic rings. The van der Waals surface area contributed by atoms with Crippen LogP contribution in [0.2, 0.25) is 0 Å². The third-order valence-corrected chi connectivity index (χ3v) is 9.97. The van der Waals surface area contributed by atoms with Crippen LogP contribution in [0.4, 0.5) is 11.4 Å². The third kappa shape index (κ3) is 3.58. The molecule has 4 aliphatic heterocycles. The largest absolute Gasteiger partial charge is 0.347 e. The molecule has 208 valence electrons. The summed E-state index contributed by atoms with van der Waals surface area (Å²) in [5, 5.41) is 0. The molecule has 0 N–H and O–H groups in total. The molecule has 3 saturated heterocycles. The SMILES string of the molecule is Cc1c(N2C(=O)CSC23C(=O)N(CN2CCC4(CC2)OCCO4)c2ccccc23)c(=O)n(-c2ccccc2)n1C. The minimum atomic E-state index is -1.35. The van der Waals surface area contributed by atoms with Gasteiger partial charge in [-0.25, -0.2) is 4.68 Å². The Morgan fingerprint density at radius 3 is 2.33 bits per heavy atom. The van der Waals surface area contributed by atoms with E-state index < -0.39 is 10.7 Å². The Hall–Kier alpha value is -3.38. The van der Waals surface area contributed by atoms with Crippen LogP contribution in [0.15, 0.2) is 59.4 Å². The number of anilines is 2. The van der Waals surface area contributed by atoms with Crippen molar-refractivity contribution in [3.05, 3.63) is 76.2 Å². The van der Waals surface area contributed by atoms with Crippen molar-refractivity contribution in [1.82, 2.24) is 14.3 Å². The maximum absolute atomic E-state index is 14.5. The third-order valence-electron chi connectivity index (χ3n) is 8.58. The highest BCUT2D eigenvalue weighted by Crippen LogP contribution is 2.55. The average Bonchev–Trinajstić information content (AvgIpc) is 3.68. The number of nitrogens with zero attached hydrogens (tertiary/aromatic N) is 5. The number of para-hydroxylation sites is 2. The van der Waals surface area contributed by atoms with Crippen molar-refractivity contribution in [1.29, 1.82) is 0 Å². The number of benzene rings is 2. The van der Waals surface area contributed by atoms with Gasteiger partial charge in [0.1, 0.15) is 5.69 Å². The first-order valence-corrected chi connectivity index (χ1v) is 14.6. The molecule has 4 aliphatic rings. The summed E-state index contributed by atoms with van der Waals surface area (Å²) >= 11 is 1.29. The molecule has 0 bridgehead atoms. The first-order valence-electron chi connectivity index (χ1n) is 13.6. The molecule has 40 heavy (non-hydrogen) atoms. The predicted molar refractivity (Wildman–Crippen MR) is 152 cm³/mol. The van der Waals surface area contributed by atoms with Crippen LogP contribution in [0.3, 0.4) is 0 Å². The molecule has 11 heteroatoms. The van der Waals surface area contributed by atoms with Crippen LogP contribution < -0.4 is 15.4 Å². The van der Waals surface area contributed by atoms with Gasteiger partial charge in [-0.05, 0) is 25.1 Å². The van der Waals surface area contributed by atoms with Crippen molar-refractivity contribution < 1.29 is 19.1 Å². The van der Waals surface area contributed by atoms with Crippen molar-refractivity contribution in [2.45, 2.75) is 30.4 Å². The maximum atomic E-state index is 14.5. The summed E-state index contributed by atoms with van der Waals surface area (Å²) in [5.41, 5.74) is 2.72. The molecule has 1 atom stereocenters. The topological polar surface area (TPSA) is 89.3 Å². The summed E-state index contributed by atoms with van der Waals surface area (Å²) in [4.78, 5) is 46.3. The molecule has 1 unspecified atom stereocenters. The van der Waals surface area contributed by atoms with Gasteiger partial charge in [0.2, 0.25) is 10.8 Å². The standard InChI is InChI=1S/C29H31N5O5S/c1-20-25(26(36)34(30(20)2)21-8-4-3-5-9-21)33-24(35)18-40-29(33)22-10-6-7-11-23(22)32(27(29)37)19-31-14-12-28(13-15-31)38-16-17-39-28/h3-11H,12-19H2,1-2H3. The Kier molecular flexibility index (Phi) is 5.97. The lowest BCUT2D eigenvalue weighted by Gasteiger charge is -2.39. The second-order valence-electron chi connectivity index (χ2n) is 10.7. The zero-order valence-electron chi connectivity index (χ0n) is 22.5. The first kappa shape index (κ1) is 25.6. The van der Waals surface area contributed by atoms with Crippen LogP contribution in [0, 0.1) is 6.92 Å². The van der Waals surface area contributed by atoms with Gasteiger partial charge in [-0.1, -0.05) is 36.4 Å². The van der Waals surface area contributed by atoms with E-state index in [1.54, 1.807) is 21.3 Å². The number of carbonyl (C=O) groups is 2. The van der Waals surface area contributed by atoms with Gasteiger partial charge in [0.05, 0.1) is 42.7 Å². The Morgan fingerprint density at radius 1 is 0.925 bits per heavy atom. The highest BCUT2D eigenvalue weighted by atomic mass is 32.2. The number of carbonyl (C=O) groups excluding carboxylic acids is 2. The first-order chi connectivity index (χ1) is 19.4. The number of ether oxygens (including phenoxy) is 2. The second kappa shape index (κ2) is 9.34. The van der Waals surface area contributed by atoms with E-state index in [9.17, 15) is 14.4 Å². The lowest BCUT2D eigenvalue weighted by Crippen LogP contribution is -2.54. The lowest BCUT2D eigenvalue weighted by atomic mass is 10.0. The summed E-state index contributed by atoms with van der Waals surface area (Å²) in [7, 11) is 1.80. The van der Waals surface area contributed by atoms with E-state index in [-0.39, 0.29) is 28.8 Å². The number of piperidine rings is 1. The van der Waals surface area contributed by atoms with Gasteiger partial charge in [0.25, 0.3) is 11.5 Å². The van der Waals surface area contributed by atoms with Crippen molar-refractivity contribution in [3.63, 3.8) is 0 Å². The van der Waals surface area contributed by atoms with E-state index >= 15 is 0 Å². The fraction of sp³-hybridized carbons (Fsp3) is 0.414. The molecule has 10 nitrogen and oxygen atoms in total. The fourth-order valence-corrected chi connectivity index (χ4v) is 7.83. The van der Waals surface area contributed by atoms with Crippen LogP contribution in [0.1, 0.15) is 24.1 Å². The van der Waals surface area contributed by atoms with Gasteiger partial charge in [-0.3, -0.25) is 33.8 Å². The average molecular weight is 562 g/mol. The van der Waals surface area contributed by atoms with Gasteiger partial charge in [-0.2, -0.15) is 0 Å².